The van der Waals surface area contributed by atoms with Crippen LogP contribution in [-0.2, 0) is 0 Å². The third-order valence-corrected chi connectivity index (χ3v) is 3.67. The lowest BCUT2D eigenvalue weighted by Crippen LogP contribution is -2.40. The molecule has 1 aromatic carbocycles. The van der Waals surface area contributed by atoms with E-state index in [1.165, 1.54) is 18.6 Å². The van der Waals surface area contributed by atoms with Gasteiger partial charge in [0.15, 0.2) is 0 Å². The molecule has 2 nitrogen and oxygen atoms in total. The summed E-state index contributed by atoms with van der Waals surface area (Å²) in [5.41, 5.74) is 6.29. The van der Waals surface area contributed by atoms with Gasteiger partial charge in [0.05, 0.1) is 0 Å². The number of rotatable bonds is 3. The Balaban J connectivity index is 2.21. The number of nitrogens with zero attached hydrogens (tertiary/aromatic N) is 1. The minimum Gasteiger partial charge on any atom is -0.329 e. The molecule has 1 fully saturated rings. The molecule has 0 aliphatic carbocycles. The Morgan fingerprint density at radius 3 is 2.83 bits per heavy atom. The molecule has 1 aliphatic rings. The zero-order chi connectivity index (χ0) is 13.1. The van der Waals surface area contributed by atoms with Crippen molar-refractivity contribution in [2.24, 2.45) is 11.7 Å². The first-order chi connectivity index (χ1) is 8.61. The number of piperidine rings is 1. The molecule has 2 rings (SSSR count). The molecule has 0 saturated carbocycles. The van der Waals surface area contributed by atoms with Crippen molar-refractivity contribution in [2.75, 3.05) is 19.6 Å². The van der Waals surface area contributed by atoms with Gasteiger partial charge in [-0.1, -0.05) is 13.0 Å². The van der Waals surface area contributed by atoms with Gasteiger partial charge in [0.25, 0.3) is 0 Å². The van der Waals surface area contributed by atoms with E-state index in [2.05, 4.69) is 11.8 Å². The largest absolute Gasteiger partial charge is 0.329 e. The van der Waals surface area contributed by atoms with E-state index in [9.17, 15) is 8.78 Å². The maximum Gasteiger partial charge on any atom is 0.130 e. The van der Waals surface area contributed by atoms with Crippen LogP contribution in [0.15, 0.2) is 18.2 Å². The van der Waals surface area contributed by atoms with E-state index in [-0.39, 0.29) is 6.04 Å². The van der Waals surface area contributed by atoms with Crippen molar-refractivity contribution in [1.29, 1.82) is 0 Å². The molecule has 0 amide bonds. The molecular weight excluding hydrogens is 234 g/mol. The van der Waals surface area contributed by atoms with Gasteiger partial charge in [-0.25, -0.2) is 8.78 Å². The lowest BCUT2D eigenvalue weighted by Gasteiger charge is -2.37. The normalized spacial score (nSPS) is 23.0. The summed E-state index contributed by atoms with van der Waals surface area (Å²) in [5.74, 6) is -0.431. The Hall–Kier alpha value is -1.00. The zero-order valence-corrected chi connectivity index (χ0v) is 10.7. The first-order valence-corrected chi connectivity index (χ1v) is 6.51. The summed E-state index contributed by atoms with van der Waals surface area (Å²) in [4.78, 5) is 2.21. The van der Waals surface area contributed by atoms with Crippen LogP contribution in [0.25, 0.3) is 0 Å². The molecule has 0 bridgehead atoms. The van der Waals surface area contributed by atoms with E-state index in [0.717, 1.165) is 25.6 Å². The van der Waals surface area contributed by atoms with E-state index in [1.807, 2.05) is 0 Å². The standard InChI is InChI=1S/C14H20F2N2/c1-10-3-2-6-18(9-10)14(8-17)12-5-4-11(15)7-13(12)16/h4-5,7,10,14H,2-3,6,8-9,17H2,1H3/t10-,14-/m1/s1. The van der Waals surface area contributed by atoms with Gasteiger partial charge < -0.3 is 5.73 Å². The fourth-order valence-electron chi connectivity index (χ4n) is 2.75. The van der Waals surface area contributed by atoms with Gasteiger partial charge in [-0.2, -0.15) is 0 Å². The van der Waals surface area contributed by atoms with E-state index in [4.69, 9.17) is 5.73 Å². The third-order valence-electron chi connectivity index (χ3n) is 3.67. The Bertz CT molecular complexity index is 409. The molecule has 0 radical (unpaired) electrons. The zero-order valence-electron chi connectivity index (χ0n) is 10.7. The van der Waals surface area contributed by atoms with Crippen LogP contribution in [0.3, 0.4) is 0 Å². The maximum absolute atomic E-state index is 13.8. The van der Waals surface area contributed by atoms with Crippen molar-refractivity contribution in [3.8, 4) is 0 Å². The average molecular weight is 254 g/mol. The van der Waals surface area contributed by atoms with Crippen molar-refractivity contribution in [2.45, 2.75) is 25.8 Å². The molecule has 0 unspecified atom stereocenters. The number of nitrogens with two attached hydrogens (primary N) is 1. The Labute approximate surface area is 107 Å². The first kappa shape index (κ1) is 13.4. The van der Waals surface area contributed by atoms with Crippen molar-refractivity contribution < 1.29 is 8.78 Å². The third kappa shape index (κ3) is 2.87. The number of hydrogen-bond donors (Lipinski definition) is 1. The summed E-state index contributed by atoms with van der Waals surface area (Å²) in [6.07, 6.45) is 2.32. The number of benzene rings is 1. The van der Waals surface area contributed by atoms with Crippen LogP contribution in [-0.4, -0.2) is 24.5 Å². The van der Waals surface area contributed by atoms with Gasteiger partial charge in [-0.15, -0.1) is 0 Å². The molecule has 0 aromatic heterocycles. The molecule has 1 aliphatic heterocycles. The van der Waals surface area contributed by atoms with Crippen LogP contribution in [0.4, 0.5) is 8.78 Å². The summed E-state index contributed by atoms with van der Waals surface area (Å²) >= 11 is 0. The summed E-state index contributed by atoms with van der Waals surface area (Å²) in [6.45, 7) is 4.41. The SMILES string of the molecule is C[C@@H]1CCCN([C@H](CN)c2ccc(F)cc2F)C1. The van der Waals surface area contributed by atoms with Crippen molar-refractivity contribution in [1.82, 2.24) is 4.90 Å². The fraction of sp³-hybridized carbons (Fsp3) is 0.571. The van der Waals surface area contributed by atoms with E-state index >= 15 is 0 Å². The molecule has 2 N–H and O–H groups in total. The lowest BCUT2D eigenvalue weighted by atomic mass is 9.96. The van der Waals surface area contributed by atoms with Crippen LogP contribution in [0.2, 0.25) is 0 Å². The Kier molecular flexibility index (Phi) is 4.30. The lowest BCUT2D eigenvalue weighted by molar-refractivity contribution is 0.131. The van der Waals surface area contributed by atoms with Crippen LogP contribution in [0.5, 0.6) is 0 Å². The highest BCUT2D eigenvalue weighted by Gasteiger charge is 2.26. The van der Waals surface area contributed by atoms with Crippen molar-refractivity contribution in [3.05, 3.63) is 35.4 Å². The summed E-state index contributed by atoms with van der Waals surface area (Å²) in [5, 5.41) is 0. The molecule has 1 saturated heterocycles. The van der Waals surface area contributed by atoms with Gasteiger partial charge in [0.1, 0.15) is 11.6 Å². The molecule has 1 heterocycles. The smallest absolute Gasteiger partial charge is 0.130 e. The highest BCUT2D eigenvalue weighted by Crippen LogP contribution is 2.27. The number of likely N-dealkylation sites (tertiary alicyclic amines) is 1. The fourth-order valence-corrected chi connectivity index (χ4v) is 2.75. The molecule has 4 heteroatoms. The van der Waals surface area contributed by atoms with Gasteiger partial charge in [-0.3, -0.25) is 4.90 Å². The number of hydrogen-bond acceptors (Lipinski definition) is 2. The van der Waals surface area contributed by atoms with Gasteiger partial charge in [0.2, 0.25) is 0 Å². The minimum absolute atomic E-state index is 0.145. The predicted molar refractivity (Wildman–Crippen MR) is 68.1 cm³/mol. The van der Waals surface area contributed by atoms with Gasteiger partial charge in [0, 0.05) is 30.8 Å². The summed E-state index contributed by atoms with van der Waals surface area (Å²) in [7, 11) is 0. The van der Waals surface area contributed by atoms with Crippen LogP contribution in [0, 0.1) is 17.6 Å². The predicted octanol–water partition coefficient (Wildman–Crippen LogP) is 2.70. The first-order valence-electron chi connectivity index (χ1n) is 6.51. The Morgan fingerprint density at radius 1 is 1.44 bits per heavy atom. The monoisotopic (exact) mass is 254 g/mol. The molecule has 2 atom stereocenters. The Morgan fingerprint density at radius 2 is 2.22 bits per heavy atom. The van der Waals surface area contributed by atoms with Gasteiger partial charge in [-0.05, 0) is 31.4 Å². The highest BCUT2D eigenvalue weighted by molar-refractivity contribution is 5.22. The van der Waals surface area contributed by atoms with E-state index in [0.29, 0.717) is 18.0 Å². The number of halogens is 2. The second kappa shape index (κ2) is 5.76. The molecule has 18 heavy (non-hydrogen) atoms. The minimum atomic E-state index is -0.543. The molecule has 0 spiro atoms. The highest BCUT2D eigenvalue weighted by atomic mass is 19.1. The van der Waals surface area contributed by atoms with Gasteiger partial charge >= 0.3 is 0 Å². The quantitative estimate of drug-likeness (QED) is 0.898. The second-order valence-electron chi connectivity index (χ2n) is 5.16. The second-order valence-corrected chi connectivity index (χ2v) is 5.16. The topological polar surface area (TPSA) is 29.3 Å². The van der Waals surface area contributed by atoms with Crippen LogP contribution in [0.1, 0.15) is 31.4 Å². The maximum atomic E-state index is 13.8. The average Bonchev–Trinajstić information content (AvgIpc) is 2.33. The van der Waals surface area contributed by atoms with E-state index < -0.39 is 11.6 Å². The molecule has 1 aromatic rings. The van der Waals surface area contributed by atoms with Crippen molar-refractivity contribution >= 4 is 0 Å². The summed E-state index contributed by atoms with van der Waals surface area (Å²) in [6, 6.07) is 3.61. The van der Waals surface area contributed by atoms with Crippen molar-refractivity contribution in [3.63, 3.8) is 0 Å². The van der Waals surface area contributed by atoms with Crippen LogP contribution < -0.4 is 5.73 Å². The molecule has 100 valence electrons. The molecular formula is C14H20F2N2. The van der Waals surface area contributed by atoms with E-state index in [1.54, 1.807) is 0 Å². The summed E-state index contributed by atoms with van der Waals surface area (Å²) < 4.78 is 26.8. The van der Waals surface area contributed by atoms with Crippen LogP contribution >= 0.6 is 0 Å².